The minimum Gasteiger partial charge on any atom is -1.00 e. The van der Waals surface area contributed by atoms with E-state index in [0.717, 1.165) is 12.1 Å². The Hall–Kier alpha value is -1.02. The van der Waals surface area contributed by atoms with Crippen LogP contribution in [0.15, 0.2) is 45.2 Å². The molecule has 1 aliphatic heterocycles. The second kappa shape index (κ2) is 11.1. The molecule has 0 bridgehead atoms. The second-order valence-electron chi connectivity index (χ2n) is 5.74. The van der Waals surface area contributed by atoms with Crippen LogP contribution in [0.4, 0.5) is 4.39 Å². The SMILES string of the molecule is CC1=C(C(=O)O)C(c2ccc(F)c(Br)c2)C2=C(CCCC2=O)N1.[B+3].[Cl-].[Cl-].[Cl-]. The number of ketones is 1. The van der Waals surface area contributed by atoms with Crippen molar-refractivity contribution >= 4 is 36.1 Å². The number of allylic oxidation sites excluding steroid dienone is 3. The molecule has 1 atom stereocenters. The molecule has 1 aromatic rings. The molecule has 0 spiro atoms. The number of dihydropyridines is 1. The Morgan fingerprint density at radius 2 is 1.89 bits per heavy atom. The minimum atomic E-state index is -1.08. The molecule has 0 saturated carbocycles. The van der Waals surface area contributed by atoms with Crippen molar-refractivity contribution in [2.24, 2.45) is 0 Å². The van der Waals surface area contributed by atoms with Gasteiger partial charge in [0, 0.05) is 29.3 Å². The van der Waals surface area contributed by atoms with Crippen molar-refractivity contribution in [1.29, 1.82) is 0 Å². The van der Waals surface area contributed by atoms with E-state index in [1.54, 1.807) is 19.1 Å². The van der Waals surface area contributed by atoms with E-state index in [2.05, 4.69) is 21.2 Å². The van der Waals surface area contributed by atoms with Crippen molar-refractivity contribution in [2.75, 3.05) is 0 Å². The van der Waals surface area contributed by atoms with E-state index in [9.17, 15) is 19.1 Å². The van der Waals surface area contributed by atoms with Gasteiger partial charge in [0.15, 0.2) is 5.78 Å². The number of halogens is 5. The van der Waals surface area contributed by atoms with Crippen LogP contribution in [0, 0.1) is 5.82 Å². The van der Waals surface area contributed by atoms with Gasteiger partial charge in [0.2, 0.25) is 0 Å². The quantitative estimate of drug-likeness (QED) is 0.400. The third-order valence-electron chi connectivity index (χ3n) is 4.28. The van der Waals surface area contributed by atoms with E-state index in [0.29, 0.717) is 29.7 Å². The summed E-state index contributed by atoms with van der Waals surface area (Å²) in [6.07, 6.45) is 1.87. The Morgan fingerprint density at radius 3 is 2.44 bits per heavy atom. The molecule has 3 rings (SSSR count). The molecule has 27 heavy (non-hydrogen) atoms. The third-order valence-corrected chi connectivity index (χ3v) is 4.89. The smallest absolute Gasteiger partial charge is 1.00 e. The summed E-state index contributed by atoms with van der Waals surface area (Å²) in [5.74, 6) is -2.22. The Balaban J connectivity index is 0. The van der Waals surface area contributed by atoms with Crippen LogP contribution in [0.5, 0.6) is 0 Å². The Labute approximate surface area is 186 Å². The normalized spacial score (nSPS) is 18.0. The largest absolute Gasteiger partial charge is 3.00 e. The van der Waals surface area contributed by atoms with Crippen molar-refractivity contribution < 1.29 is 56.3 Å². The molecule has 2 aliphatic rings. The molecular weight excluding hydrogens is 482 g/mol. The fourth-order valence-corrected chi connectivity index (χ4v) is 3.69. The van der Waals surface area contributed by atoms with E-state index in [-0.39, 0.29) is 61.5 Å². The van der Waals surface area contributed by atoms with Gasteiger partial charge in [0.05, 0.1) is 10.0 Å². The molecule has 1 unspecified atom stereocenters. The number of carboxylic acid groups (broad SMARTS) is 1. The fourth-order valence-electron chi connectivity index (χ4n) is 3.29. The molecule has 10 heteroatoms. The topological polar surface area (TPSA) is 66.4 Å². The molecule has 1 heterocycles. The van der Waals surface area contributed by atoms with Gasteiger partial charge in [0.25, 0.3) is 0 Å². The van der Waals surface area contributed by atoms with Gasteiger partial charge in [-0.15, -0.1) is 0 Å². The minimum absolute atomic E-state index is 0. The summed E-state index contributed by atoms with van der Waals surface area (Å²) in [5, 5.41) is 12.7. The fraction of sp³-hybridized carbons (Fsp3) is 0.294. The molecule has 0 aromatic heterocycles. The van der Waals surface area contributed by atoms with Crippen molar-refractivity contribution in [3.05, 3.63) is 56.6 Å². The van der Waals surface area contributed by atoms with Crippen LogP contribution >= 0.6 is 15.9 Å². The summed E-state index contributed by atoms with van der Waals surface area (Å²) < 4.78 is 13.8. The maximum absolute atomic E-state index is 13.5. The molecule has 1 aromatic carbocycles. The molecule has 1 aliphatic carbocycles. The predicted molar refractivity (Wildman–Crippen MR) is 92.0 cm³/mol. The zero-order chi connectivity index (χ0) is 16.7. The molecule has 4 nitrogen and oxygen atoms in total. The van der Waals surface area contributed by atoms with Gasteiger partial charge in [0.1, 0.15) is 5.82 Å². The zero-order valence-corrected chi connectivity index (χ0v) is 18.0. The van der Waals surface area contributed by atoms with Crippen molar-refractivity contribution in [2.45, 2.75) is 32.1 Å². The van der Waals surface area contributed by atoms with E-state index in [1.165, 1.54) is 6.07 Å². The number of nitrogens with one attached hydrogen (secondary N) is 1. The van der Waals surface area contributed by atoms with Gasteiger partial charge in [-0.05, 0) is 53.4 Å². The Morgan fingerprint density at radius 1 is 1.26 bits per heavy atom. The first kappa shape index (κ1) is 28.2. The summed E-state index contributed by atoms with van der Waals surface area (Å²) in [6.45, 7) is 1.69. The van der Waals surface area contributed by atoms with E-state index < -0.39 is 17.7 Å². The summed E-state index contributed by atoms with van der Waals surface area (Å²) in [5.41, 5.74) is 2.54. The van der Waals surface area contributed by atoms with Crippen molar-refractivity contribution in [3.63, 3.8) is 0 Å². The first-order chi connectivity index (χ1) is 10.9. The average molecular weight is 497 g/mol. The van der Waals surface area contributed by atoms with E-state index in [4.69, 9.17) is 0 Å². The number of aliphatic carboxylic acids is 1. The predicted octanol–water partition coefficient (Wildman–Crippen LogP) is -5.73. The van der Waals surface area contributed by atoms with Crippen LogP contribution in [-0.2, 0) is 9.59 Å². The molecular formula is C17H15BBrCl3FNO3. The van der Waals surface area contributed by atoms with Crippen LogP contribution < -0.4 is 42.5 Å². The monoisotopic (exact) mass is 495 g/mol. The number of benzene rings is 1. The van der Waals surface area contributed by atoms with Crippen LogP contribution in [0.25, 0.3) is 0 Å². The number of carbonyl (C=O) groups is 2. The summed E-state index contributed by atoms with van der Waals surface area (Å²) in [6, 6.07) is 4.37. The summed E-state index contributed by atoms with van der Waals surface area (Å²) >= 11 is 3.13. The number of hydrogen-bond donors (Lipinski definition) is 2. The van der Waals surface area contributed by atoms with Gasteiger partial charge in [-0.3, -0.25) is 4.79 Å². The second-order valence-corrected chi connectivity index (χ2v) is 6.60. The van der Waals surface area contributed by atoms with Crippen LogP contribution in [0.3, 0.4) is 0 Å². The zero-order valence-electron chi connectivity index (χ0n) is 14.2. The molecule has 144 valence electrons. The third kappa shape index (κ3) is 5.28. The maximum Gasteiger partial charge on any atom is 3.00 e. The maximum atomic E-state index is 13.5. The molecule has 0 fully saturated rings. The number of carbonyl (C=O) groups excluding carboxylic acids is 1. The summed E-state index contributed by atoms with van der Waals surface area (Å²) in [7, 11) is 0. The van der Waals surface area contributed by atoms with Gasteiger partial charge >= 0.3 is 14.4 Å². The number of hydrogen-bond acceptors (Lipinski definition) is 3. The van der Waals surface area contributed by atoms with E-state index >= 15 is 0 Å². The van der Waals surface area contributed by atoms with Crippen LogP contribution in [-0.4, -0.2) is 25.3 Å². The van der Waals surface area contributed by atoms with Crippen LogP contribution in [0.1, 0.15) is 37.7 Å². The van der Waals surface area contributed by atoms with Gasteiger partial charge in [-0.1, -0.05) is 6.07 Å². The first-order valence-corrected chi connectivity index (χ1v) is 8.11. The Kier molecular flexibility index (Phi) is 11.6. The number of Topliss-reactive ketones (excluding diaryl/α,β-unsaturated/α-hetero) is 1. The van der Waals surface area contributed by atoms with Gasteiger partial charge in [-0.25, -0.2) is 9.18 Å². The Bertz CT molecular complexity index is 802. The average Bonchev–Trinajstić information content (AvgIpc) is 2.48. The van der Waals surface area contributed by atoms with Crippen molar-refractivity contribution in [3.8, 4) is 0 Å². The number of carboxylic acids is 1. The first-order valence-electron chi connectivity index (χ1n) is 7.32. The van der Waals surface area contributed by atoms with E-state index in [1.807, 2.05) is 0 Å². The van der Waals surface area contributed by atoms with Crippen molar-refractivity contribution in [1.82, 2.24) is 5.32 Å². The standard InChI is InChI=1S/C17H15BrFNO3.B.3ClH/c1-8-14(17(22)23)15(9-5-6-11(19)10(18)7-9)16-12(20-8)3-2-4-13(16)21;;;;/h5-7,15,20H,2-4H2,1H3,(H,22,23);;3*1H/q;+3;;;/p-3. The van der Waals surface area contributed by atoms with Gasteiger partial charge < -0.3 is 47.6 Å². The summed E-state index contributed by atoms with van der Waals surface area (Å²) in [4.78, 5) is 24.2. The molecule has 0 radical (unpaired) electrons. The molecule has 0 amide bonds. The van der Waals surface area contributed by atoms with Crippen LogP contribution in [0.2, 0.25) is 0 Å². The number of rotatable bonds is 2. The van der Waals surface area contributed by atoms with Gasteiger partial charge in [-0.2, -0.15) is 0 Å². The molecule has 2 N–H and O–H groups in total. The molecule has 0 saturated heterocycles.